The molecule has 1 aliphatic carbocycles. The first-order chi connectivity index (χ1) is 17.5. The molecule has 12 heteroatoms. The number of carboxylic acid groups (broad SMARTS) is 1. The van der Waals surface area contributed by atoms with Gasteiger partial charge in [0.1, 0.15) is 12.4 Å². The van der Waals surface area contributed by atoms with Gasteiger partial charge in [-0.2, -0.15) is 0 Å². The molecule has 6 nitrogen and oxygen atoms in total. The molecule has 0 aromatic heterocycles. The van der Waals surface area contributed by atoms with E-state index in [9.17, 15) is 27.9 Å². The molecular weight excluding hydrogens is 557 g/mol. The maximum atomic E-state index is 13.7. The number of carboxylic acids is 1. The van der Waals surface area contributed by atoms with Gasteiger partial charge in [0.25, 0.3) is 5.91 Å². The number of amides is 1. The third kappa shape index (κ3) is 6.51. The van der Waals surface area contributed by atoms with Gasteiger partial charge in [0.2, 0.25) is 0 Å². The Labute approximate surface area is 249 Å². The molecule has 1 amide bonds. The SMILES string of the molecule is O=C(c1ccc(OC2(C(=O)[O-])CCCC3=C2C=C(Cl)OC3)c(Cl)c1)N(CCc1ccccc1)C(F)(F)F.[Na+]. The minimum absolute atomic E-state index is 0. The maximum Gasteiger partial charge on any atom is 1.00 e. The normalized spacial score (nSPS) is 18.9. The van der Waals surface area contributed by atoms with Crippen molar-refractivity contribution in [2.45, 2.75) is 37.6 Å². The summed E-state index contributed by atoms with van der Waals surface area (Å²) in [6.07, 6.45) is -2.50. The second kappa shape index (κ2) is 12.3. The Kier molecular flexibility index (Phi) is 9.87. The molecule has 1 aliphatic heterocycles. The standard InChI is InChI=1S/C26H22Cl2F3NO5.Na/c27-20-13-17(23(33)32(26(29,30)31)12-10-16-5-2-1-3-6-16)8-9-21(20)37-25(24(34)35)11-4-7-18-15-36-22(28)14-19(18)25;/h1-3,5-6,8-9,13-14H,4,7,10-12,15H2,(H,34,35);/q;+1/p-1. The number of hydrogen-bond acceptors (Lipinski definition) is 5. The summed E-state index contributed by atoms with van der Waals surface area (Å²) >= 11 is 12.2. The Morgan fingerprint density at radius 3 is 2.47 bits per heavy atom. The monoisotopic (exact) mass is 577 g/mol. The fraction of sp³-hybridized carbons (Fsp3) is 0.308. The van der Waals surface area contributed by atoms with Gasteiger partial charge >= 0.3 is 35.9 Å². The van der Waals surface area contributed by atoms with Crippen LogP contribution in [0.5, 0.6) is 5.75 Å². The maximum absolute atomic E-state index is 13.7. The van der Waals surface area contributed by atoms with Crippen LogP contribution in [-0.4, -0.2) is 41.8 Å². The quantitative estimate of drug-likeness (QED) is 0.371. The van der Waals surface area contributed by atoms with Gasteiger partial charge in [-0.15, -0.1) is 13.2 Å². The van der Waals surface area contributed by atoms with Gasteiger partial charge in [-0.05, 0) is 66.6 Å². The van der Waals surface area contributed by atoms with Crippen LogP contribution in [0.1, 0.15) is 35.2 Å². The van der Waals surface area contributed by atoms with E-state index in [0.717, 1.165) is 12.1 Å². The number of rotatable bonds is 7. The predicted octanol–water partition coefficient (Wildman–Crippen LogP) is 2.01. The molecule has 0 saturated carbocycles. The fourth-order valence-corrected chi connectivity index (χ4v) is 4.82. The first kappa shape index (κ1) is 30.4. The van der Waals surface area contributed by atoms with Crippen molar-refractivity contribution in [2.24, 2.45) is 0 Å². The molecule has 196 valence electrons. The summed E-state index contributed by atoms with van der Waals surface area (Å²) in [4.78, 5) is 24.9. The number of halogens is 5. The molecule has 0 spiro atoms. The molecular formula is C26H21Cl2F3NNaO5. The summed E-state index contributed by atoms with van der Waals surface area (Å²) in [6, 6.07) is 11.8. The van der Waals surface area contributed by atoms with E-state index in [1.54, 1.807) is 30.3 Å². The molecule has 0 N–H and O–H groups in total. The molecule has 0 bridgehead atoms. The van der Waals surface area contributed by atoms with Crippen LogP contribution in [0.25, 0.3) is 0 Å². The van der Waals surface area contributed by atoms with Crippen molar-refractivity contribution in [3.8, 4) is 5.75 Å². The van der Waals surface area contributed by atoms with Gasteiger partial charge in [0.15, 0.2) is 10.8 Å². The molecule has 4 rings (SSSR count). The van der Waals surface area contributed by atoms with E-state index < -0.39 is 30.3 Å². The summed E-state index contributed by atoms with van der Waals surface area (Å²) in [5.74, 6) is -2.95. The molecule has 0 radical (unpaired) electrons. The summed E-state index contributed by atoms with van der Waals surface area (Å²) in [5.41, 5.74) is -0.650. The van der Waals surface area contributed by atoms with E-state index in [1.165, 1.54) is 12.1 Å². The summed E-state index contributed by atoms with van der Waals surface area (Å²) in [6.45, 7) is -0.497. The van der Waals surface area contributed by atoms with Crippen molar-refractivity contribution in [1.29, 1.82) is 0 Å². The Hall–Kier alpha value is -2.17. The molecule has 2 aromatic rings. The number of alkyl halides is 3. The molecule has 0 saturated heterocycles. The van der Waals surface area contributed by atoms with Gasteiger partial charge in [0.05, 0.1) is 11.0 Å². The smallest absolute Gasteiger partial charge is 0.545 e. The predicted molar refractivity (Wildman–Crippen MR) is 128 cm³/mol. The first-order valence-corrected chi connectivity index (χ1v) is 12.1. The van der Waals surface area contributed by atoms with Crippen LogP contribution in [0.3, 0.4) is 0 Å². The van der Waals surface area contributed by atoms with Crippen molar-refractivity contribution in [3.63, 3.8) is 0 Å². The van der Waals surface area contributed by atoms with E-state index in [2.05, 4.69) is 0 Å². The number of ether oxygens (including phenoxy) is 2. The molecule has 38 heavy (non-hydrogen) atoms. The Balaban J connectivity index is 0.00000400. The zero-order valence-electron chi connectivity index (χ0n) is 20.3. The molecule has 0 fully saturated rings. The third-order valence-corrected chi connectivity index (χ3v) is 6.79. The van der Waals surface area contributed by atoms with Crippen LogP contribution < -0.4 is 39.4 Å². The van der Waals surface area contributed by atoms with E-state index >= 15 is 0 Å². The van der Waals surface area contributed by atoms with E-state index in [-0.39, 0.29) is 81.0 Å². The fourth-order valence-electron chi connectivity index (χ4n) is 4.43. The van der Waals surface area contributed by atoms with Crippen LogP contribution >= 0.6 is 23.2 Å². The summed E-state index contributed by atoms with van der Waals surface area (Å²) in [7, 11) is 0. The number of nitrogens with zero attached hydrogens (tertiary/aromatic N) is 1. The average molecular weight is 578 g/mol. The first-order valence-electron chi connectivity index (χ1n) is 11.4. The number of benzene rings is 2. The van der Waals surface area contributed by atoms with Gasteiger partial charge in [-0.1, -0.05) is 41.9 Å². The van der Waals surface area contributed by atoms with Crippen molar-refractivity contribution in [2.75, 3.05) is 13.2 Å². The van der Waals surface area contributed by atoms with E-state index in [0.29, 0.717) is 24.0 Å². The number of hydrogen-bond donors (Lipinski definition) is 0. The average Bonchev–Trinajstić information content (AvgIpc) is 2.85. The van der Waals surface area contributed by atoms with Gasteiger partial charge < -0.3 is 19.4 Å². The Morgan fingerprint density at radius 2 is 1.84 bits per heavy atom. The largest absolute Gasteiger partial charge is 1.00 e. The van der Waals surface area contributed by atoms with Crippen LogP contribution in [-0.2, 0) is 16.0 Å². The van der Waals surface area contributed by atoms with Crippen LogP contribution in [0, 0.1) is 0 Å². The summed E-state index contributed by atoms with van der Waals surface area (Å²) in [5, 5.41) is 12.1. The zero-order chi connectivity index (χ0) is 26.8. The van der Waals surface area contributed by atoms with Gasteiger partial charge in [-0.3, -0.25) is 4.79 Å². The van der Waals surface area contributed by atoms with E-state index in [4.69, 9.17) is 32.7 Å². The molecule has 1 heterocycles. The van der Waals surface area contributed by atoms with Gasteiger partial charge in [0, 0.05) is 23.8 Å². The van der Waals surface area contributed by atoms with Crippen molar-refractivity contribution in [1.82, 2.24) is 4.90 Å². The topological polar surface area (TPSA) is 78.9 Å². The summed E-state index contributed by atoms with van der Waals surface area (Å²) < 4.78 is 52.3. The van der Waals surface area contributed by atoms with Crippen LogP contribution in [0.4, 0.5) is 13.2 Å². The number of carbonyl (C=O) groups is 2. The third-order valence-electron chi connectivity index (χ3n) is 6.28. The number of carbonyl (C=O) groups excluding carboxylic acids is 2. The second-order valence-corrected chi connectivity index (χ2v) is 9.41. The van der Waals surface area contributed by atoms with Crippen molar-refractivity contribution >= 4 is 35.1 Å². The molecule has 1 atom stereocenters. The minimum Gasteiger partial charge on any atom is -0.545 e. The Morgan fingerprint density at radius 1 is 1.13 bits per heavy atom. The van der Waals surface area contributed by atoms with Crippen molar-refractivity contribution < 1.29 is 66.9 Å². The van der Waals surface area contributed by atoms with E-state index in [1.807, 2.05) is 0 Å². The molecule has 1 unspecified atom stereocenters. The van der Waals surface area contributed by atoms with Crippen molar-refractivity contribution in [3.05, 3.63) is 87.1 Å². The minimum atomic E-state index is -4.92. The number of aliphatic carboxylic acids is 1. The zero-order valence-corrected chi connectivity index (χ0v) is 23.8. The van der Waals surface area contributed by atoms with Gasteiger partial charge in [-0.25, -0.2) is 4.90 Å². The van der Waals surface area contributed by atoms with Crippen LogP contribution in [0.15, 0.2) is 71.0 Å². The second-order valence-electron chi connectivity index (χ2n) is 8.63. The Bertz CT molecular complexity index is 1270. The molecule has 2 aliphatic rings. The molecule has 2 aromatic carbocycles. The van der Waals surface area contributed by atoms with Crippen LogP contribution in [0.2, 0.25) is 5.02 Å².